The largest absolute Gasteiger partial charge is 0.339 e. The van der Waals surface area contributed by atoms with Crippen molar-refractivity contribution in [3.05, 3.63) is 34.9 Å². The van der Waals surface area contributed by atoms with Crippen molar-refractivity contribution >= 4 is 29.9 Å². The lowest BCUT2D eigenvalue weighted by atomic mass is 9.85. The lowest BCUT2D eigenvalue weighted by molar-refractivity contribution is -0.133. The fourth-order valence-electron chi connectivity index (χ4n) is 3.19. The molecule has 0 radical (unpaired) electrons. The van der Waals surface area contributed by atoms with Gasteiger partial charge in [0.1, 0.15) is 0 Å². The van der Waals surface area contributed by atoms with E-state index >= 15 is 0 Å². The highest BCUT2D eigenvalue weighted by atomic mass is 35.5. The monoisotopic (exact) mass is 358 g/mol. The van der Waals surface area contributed by atoms with Crippen molar-refractivity contribution in [1.29, 1.82) is 0 Å². The van der Waals surface area contributed by atoms with Gasteiger partial charge in [-0.15, -0.1) is 12.4 Å². The van der Waals surface area contributed by atoms with Gasteiger partial charge in [0.15, 0.2) is 0 Å². The van der Waals surface area contributed by atoms with Crippen molar-refractivity contribution in [2.24, 2.45) is 11.8 Å². The highest BCUT2D eigenvalue weighted by Gasteiger charge is 2.25. The molecule has 1 aliphatic heterocycles. The molecule has 0 spiro atoms. The van der Waals surface area contributed by atoms with Crippen LogP contribution in [0.4, 0.5) is 0 Å². The van der Waals surface area contributed by atoms with Gasteiger partial charge in [-0.3, -0.25) is 4.79 Å². The number of nitrogens with one attached hydrogen (secondary N) is 1. The van der Waals surface area contributed by atoms with Crippen LogP contribution in [0.25, 0.3) is 0 Å². The molecule has 1 aliphatic rings. The summed E-state index contributed by atoms with van der Waals surface area (Å²) < 4.78 is 0. The number of amides is 1. The minimum atomic E-state index is -0.00196. The van der Waals surface area contributed by atoms with Gasteiger partial charge in [0.25, 0.3) is 0 Å². The molecule has 0 bridgehead atoms. The third kappa shape index (κ3) is 5.37. The number of hydrogen-bond acceptors (Lipinski definition) is 2. The van der Waals surface area contributed by atoms with E-state index in [1.807, 2.05) is 43.1 Å². The predicted molar refractivity (Wildman–Crippen MR) is 99.3 cm³/mol. The molecule has 3 nitrogen and oxygen atoms in total. The van der Waals surface area contributed by atoms with Gasteiger partial charge < -0.3 is 10.2 Å². The van der Waals surface area contributed by atoms with Crippen LogP contribution in [-0.2, 0) is 4.79 Å². The molecule has 1 aromatic carbocycles. The second-order valence-electron chi connectivity index (χ2n) is 6.49. The Morgan fingerprint density at radius 1 is 1.39 bits per heavy atom. The van der Waals surface area contributed by atoms with Gasteiger partial charge in [-0.1, -0.05) is 36.7 Å². The van der Waals surface area contributed by atoms with E-state index in [2.05, 4.69) is 12.2 Å². The molecule has 1 amide bonds. The molecule has 1 fully saturated rings. The van der Waals surface area contributed by atoms with Crippen LogP contribution in [0.1, 0.15) is 44.7 Å². The molecule has 0 aliphatic carbocycles. The van der Waals surface area contributed by atoms with E-state index < -0.39 is 0 Å². The summed E-state index contributed by atoms with van der Waals surface area (Å²) in [6.45, 7) is 6.38. The Morgan fingerprint density at radius 3 is 2.70 bits per heavy atom. The summed E-state index contributed by atoms with van der Waals surface area (Å²) in [4.78, 5) is 14.4. The fraction of sp³-hybridized carbons (Fsp3) is 0.611. The molecular weight excluding hydrogens is 331 g/mol. The third-order valence-electron chi connectivity index (χ3n) is 4.97. The minimum Gasteiger partial charge on any atom is -0.339 e. The van der Waals surface area contributed by atoms with Gasteiger partial charge in [0.05, 0.1) is 6.04 Å². The zero-order chi connectivity index (χ0) is 16.1. The molecule has 3 unspecified atom stereocenters. The predicted octanol–water partition coefficient (Wildman–Crippen LogP) is 4.31. The Balaban J connectivity index is 0.00000264. The van der Waals surface area contributed by atoms with Gasteiger partial charge in [-0.05, 0) is 56.3 Å². The van der Waals surface area contributed by atoms with Gasteiger partial charge in [-0.2, -0.15) is 0 Å². The summed E-state index contributed by atoms with van der Waals surface area (Å²) in [7, 11) is 1.88. The number of benzene rings is 1. The van der Waals surface area contributed by atoms with E-state index in [9.17, 15) is 4.79 Å². The summed E-state index contributed by atoms with van der Waals surface area (Å²) in [5.41, 5.74) is 1.01. The average Bonchev–Trinajstić information content (AvgIpc) is 2.54. The third-order valence-corrected chi connectivity index (χ3v) is 5.31. The van der Waals surface area contributed by atoms with Gasteiger partial charge in [0.2, 0.25) is 5.91 Å². The molecule has 1 saturated heterocycles. The van der Waals surface area contributed by atoms with Crippen molar-refractivity contribution in [3.63, 3.8) is 0 Å². The maximum Gasteiger partial charge on any atom is 0.223 e. The van der Waals surface area contributed by atoms with Crippen molar-refractivity contribution in [2.45, 2.75) is 39.2 Å². The van der Waals surface area contributed by atoms with Crippen LogP contribution in [0.2, 0.25) is 5.02 Å². The second-order valence-corrected chi connectivity index (χ2v) is 6.90. The van der Waals surface area contributed by atoms with Crippen LogP contribution < -0.4 is 5.32 Å². The standard InChI is InChI=1S/C18H27ClN2O.ClH/c1-13(15-7-6-10-20-12-15)11-18(22)21(3)14(2)16-8-4-5-9-17(16)19;/h4-5,8-9,13-15,20H,6-7,10-12H2,1-3H3;1H. The Labute approximate surface area is 151 Å². The summed E-state index contributed by atoms with van der Waals surface area (Å²) in [5.74, 6) is 1.23. The lowest BCUT2D eigenvalue weighted by Gasteiger charge is -2.31. The van der Waals surface area contributed by atoms with Crippen LogP contribution in [0, 0.1) is 11.8 Å². The SMILES string of the molecule is CC(CC(=O)N(C)C(C)c1ccccc1Cl)C1CCCNC1.Cl. The van der Waals surface area contributed by atoms with Crippen LogP contribution in [-0.4, -0.2) is 30.9 Å². The molecule has 1 heterocycles. The van der Waals surface area contributed by atoms with Gasteiger partial charge in [0, 0.05) is 18.5 Å². The smallest absolute Gasteiger partial charge is 0.223 e. The first-order valence-corrected chi connectivity index (χ1v) is 8.59. The first-order valence-electron chi connectivity index (χ1n) is 8.21. The maximum absolute atomic E-state index is 12.6. The zero-order valence-corrected chi connectivity index (χ0v) is 15.8. The number of piperidine rings is 1. The Morgan fingerprint density at radius 2 is 2.09 bits per heavy atom. The molecule has 5 heteroatoms. The first-order chi connectivity index (χ1) is 10.5. The van der Waals surface area contributed by atoms with Crippen molar-refractivity contribution in [1.82, 2.24) is 10.2 Å². The molecule has 3 atom stereocenters. The maximum atomic E-state index is 12.6. The fourth-order valence-corrected chi connectivity index (χ4v) is 3.48. The van der Waals surface area contributed by atoms with Gasteiger partial charge in [-0.25, -0.2) is 0 Å². The van der Waals surface area contributed by atoms with E-state index in [1.54, 1.807) is 0 Å². The summed E-state index contributed by atoms with van der Waals surface area (Å²) in [5, 5.41) is 4.15. The highest BCUT2D eigenvalue weighted by molar-refractivity contribution is 6.31. The Kier molecular flexibility index (Phi) is 8.38. The van der Waals surface area contributed by atoms with Crippen molar-refractivity contribution < 1.29 is 4.79 Å². The average molecular weight is 359 g/mol. The Bertz CT molecular complexity index is 504. The molecular formula is C18H28Cl2N2O. The van der Waals surface area contributed by atoms with E-state index in [1.165, 1.54) is 12.8 Å². The number of hydrogen-bond donors (Lipinski definition) is 1. The van der Waals surface area contributed by atoms with Crippen molar-refractivity contribution in [2.75, 3.05) is 20.1 Å². The van der Waals surface area contributed by atoms with Crippen LogP contribution in [0.15, 0.2) is 24.3 Å². The number of halogens is 2. The molecule has 1 aromatic rings. The zero-order valence-electron chi connectivity index (χ0n) is 14.2. The second kappa shape index (κ2) is 9.51. The summed E-state index contributed by atoms with van der Waals surface area (Å²) in [6, 6.07) is 7.75. The quantitative estimate of drug-likeness (QED) is 0.850. The molecule has 0 saturated carbocycles. The molecule has 130 valence electrons. The Hall–Kier alpha value is -0.770. The number of carbonyl (C=O) groups excluding carboxylic acids is 1. The van der Waals surface area contributed by atoms with E-state index in [4.69, 9.17) is 11.6 Å². The normalized spacial score (nSPS) is 20.3. The van der Waals surface area contributed by atoms with E-state index in [-0.39, 0.29) is 24.4 Å². The van der Waals surface area contributed by atoms with Crippen LogP contribution >= 0.6 is 24.0 Å². The molecule has 1 N–H and O–H groups in total. The van der Waals surface area contributed by atoms with E-state index in [0.29, 0.717) is 18.3 Å². The summed E-state index contributed by atoms with van der Waals surface area (Å²) in [6.07, 6.45) is 3.05. The molecule has 2 rings (SSSR count). The van der Waals surface area contributed by atoms with Crippen molar-refractivity contribution in [3.8, 4) is 0 Å². The van der Waals surface area contributed by atoms with E-state index in [0.717, 1.165) is 23.7 Å². The first kappa shape index (κ1) is 20.3. The van der Waals surface area contributed by atoms with Gasteiger partial charge >= 0.3 is 0 Å². The molecule has 23 heavy (non-hydrogen) atoms. The molecule has 0 aromatic heterocycles. The van der Waals surface area contributed by atoms with Crippen LogP contribution in [0.3, 0.4) is 0 Å². The number of rotatable bonds is 5. The summed E-state index contributed by atoms with van der Waals surface area (Å²) >= 11 is 6.25. The topological polar surface area (TPSA) is 32.3 Å². The minimum absolute atomic E-state index is 0. The lowest BCUT2D eigenvalue weighted by Crippen LogP contribution is -2.36. The van der Waals surface area contributed by atoms with Crippen LogP contribution in [0.5, 0.6) is 0 Å². The number of carbonyl (C=O) groups is 1. The number of nitrogens with zero attached hydrogens (tertiary/aromatic N) is 1. The highest BCUT2D eigenvalue weighted by Crippen LogP contribution is 2.28.